The van der Waals surface area contributed by atoms with Gasteiger partial charge in [0.25, 0.3) is 0 Å². The van der Waals surface area contributed by atoms with Crippen LogP contribution in [0, 0.1) is 0 Å². The first-order valence-electron chi connectivity index (χ1n) is 7.84. The molecule has 1 fully saturated rings. The van der Waals surface area contributed by atoms with Crippen LogP contribution < -0.4 is 9.80 Å². The van der Waals surface area contributed by atoms with E-state index in [9.17, 15) is 0 Å². The largest absolute Gasteiger partial charge is 0.352 e. The van der Waals surface area contributed by atoms with E-state index in [0.29, 0.717) is 0 Å². The highest BCUT2D eigenvalue weighted by Crippen LogP contribution is 2.18. The summed E-state index contributed by atoms with van der Waals surface area (Å²) in [5, 5.41) is 17.0. The van der Waals surface area contributed by atoms with E-state index in [4.69, 9.17) is 0 Å². The van der Waals surface area contributed by atoms with Gasteiger partial charge < -0.3 is 9.80 Å². The molecule has 1 aliphatic heterocycles. The number of aromatic nitrogens is 7. The van der Waals surface area contributed by atoms with Crippen LogP contribution in [0.25, 0.3) is 11.3 Å². The number of rotatable bonds is 2. The van der Waals surface area contributed by atoms with Gasteiger partial charge in [0.2, 0.25) is 0 Å². The van der Waals surface area contributed by atoms with Crippen molar-refractivity contribution in [1.82, 2.24) is 34.4 Å². The van der Waals surface area contributed by atoms with E-state index >= 15 is 0 Å². The smallest absolute Gasteiger partial charge is 0.177 e. The van der Waals surface area contributed by atoms with Crippen LogP contribution in [0.3, 0.4) is 0 Å². The van der Waals surface area contributed by atoms with Crippen molar-refractivity contribution in [3.8, 4) is 0 Å². The van der Waals surface area contributed by atoms with Gasteiger partial charge >= 0.3 is 0 Å². The normalized spacial score (nSPS) is 15.5. The Labute approximate surface area is 137 Å². The van der Waals surface area contributed by atoms with Crippen LogP contribution in [0.1, 0.15) is 0 Å². The summed E-state index contributed by atoms with van der Waals surface area (Å²) in [4.78, 5) is 8.78. The Balaban J connectivity index is 1.34. The van der Waals surface area contributed by atoms with E-state index in [1.54, 1.807) is 17.0 Å². The summed E-state index contributed by atoms with van der Waals surface area (Å²) < 4.78 is 3.51. The Morgan fingerprint density at radius 2 is 1.42 bits per heavy atom. The van der Waals surface area contributed by atoms with Crippen LogP contribution in [0.4, 0.5) is 11.6 Å². The lowest BCUT2D eigenvalue weighted by Crippen LogP contribution is -2.47. The SMILES string of the molecule is c1cn2nc(N3CCN(c4ccc5nncn5n4)CC3)ccc2n1. The highest BCUT2D eigenvalue weighted by Gasteiger charge is 2.20. The van der Waals surface area contributed by atoms with Crippen molar-refractivity contribution in [1.29, 1.82) is 0 Å². The number of nitrogens with zero attached hydrogens (tertiary/aromatic N) is 9. The molecule has 5 heterocycles. The molecule has 0 aliphatic carbocycles. The average Bonchev–Trinajstić information content (AvgIpc) is 3.29. The summed E-state index contributed by atoms with van der Waals surface area (Å²) in [6, 6.07) is 7.96. The van der Waals surface area contributed by atoms with Gasteiger partial charge in [-0.15, -0.1) is 20.4 Å². The second-order valence-electron chi connectivity index (χ2n) is 5.72. The Morgan fingerprint density at radius 3 is 2.17 bits per heavy atom. The fourth-order valence-corrected chi connectivity index (χ4v) is 3.03. The molecular weight excluding hydrogens is 306 g/mol. The molecule has 0 saturated carbocycles. The molecule has 9 heteroatoms. The number of hydrogen-bond acceptors (Lipinski definition) is 7. The standard InChI is InChI=1S/C15H15N9/c1-3-14(19-23-6-5-16-12(1)23)21-7-9-22(10-8-21)15-4-2-13-18-17-11-24(13)20-15/h1-6,11H,7-10H2. The number of hydrogen-bond donors (Lipinski definition) is 0. The van der Waals surface area contributed by atoms with Crippen LogP contribution in [-0.4, -0.2) is 60.6 Å². The monoisotopic (exact) mass is 321 g/mol. The lowest BCUT2D eigenvalue weighted by molar-refractivity contribution is 0.631. The first-order valence-corrected chi connectivity index (χ1v) is 7.84. The number of anilines is 2. The highest BCUT2D eigenvalue weighted by atomic mass is 15.4. The van der Waals surface area contributed by atoms with Crippen molar-refractivity contribution in [2.45, 2.75) is 0 Å². The molecule has 0 unspecified atom stereocenters. The van der Waals surface area contributed by atoms with Gasteiger partial charge in [-0.2, -0.15) is 4.52 Å². The molecule has 0 bridgehead atoms. The predicted octanol–water partition coefficient (Wildman–Crippen LogP) is 0.494. The summed E-state index contributed by atoms with van der Waals surface area (Å²) in [7, 11) is 0. The molecule has 0 atom stereocenters. The van der Waals surface area contributed by atoms with Crippen LogP contribution in [0.5, 0.6) is 0 Å². The summed E-state index contributed by atoms with van der Waals surface area (Å²) >= 11 is 0. The van der Waals surface area contributed by atoms with E-state index in [1.807, 2.05) is 35.0 Å². The van der Waals surface area contributed by atoms with E-state index in [1.165, 1.54) is 0 Å². The fourth-order valence-electron chi connectivity index (χ4n) is 3.03. The minimum Gasteiger partial charge on any atom is -0.352 e. The van der Waals surface area contributed by atoms with E-state index in [-0.39, 0.29) is 0 Å². The maximum atomic E-state index is 4.62. The molecule has 9 nitrogen and oxygen atoms in total. The molecule has 4 aromatic rings. The zero-order valence-electron chi connectivity index (χ0n) is 12.9. The molecule has 0 N–H and O–H groups in total. The summed E-state index contributed by atoms with van der Waals surface area (Å²) in [6.07, 6.45) is 5.25. The molecule has 0 radical (unpaired) electrons. The van der Waals surface area contributed by atoms with Crippen LogP contribution in [-0.2, 0) is 0 Å². The Bertz CT molecular complexity index is 914. The molecule has 24 heavy (non-hydrogen) atoms. The molecular formula is C15H15N9. The fraction of sp³-hybridized carbons (Fsp3) is 0.267. The average molecular weight is 321 g/mol. The first kappa shape index (κ1) is 13.2. The van der Waals surface area contributed by atoms with Gasteiger partial charge in [0.05, 0.1) is 0 Å². The summed E-state index contributed by atoms with van der Waals surface area (Å²) in [5.41, 5.74) is 1.62. The molecule has 120 valence electrons. The first-order chi connectivity index (χ1) is 11.9. The van der Waals surface area contributed by atoms with Gasteiger partial charge in [-0.05, 0) is 24.3 Å². The summed E-state index contributed by atoms with van der Waals surface area (Å²) in [6.45, 7) is 3.58. The highest BCUT2D eigenvalue weighted by molar-refractivity contribution is 5.49. The van der Waals surface area contributed by atoms with Crippen molar-refractivity contribution in [3.05, 3.63) is 43.0 Å². The third kappa shape index (κ3) is 2.13. The maximum Gasteiger partial charge on any atom is 0.177 e. The number of piperazine rings is 1. The molecule has 1 saturated heterocycles. The van der Waals surface area contributed by atoms with Crippen molar-refractivity contribution in [3.63, 3.8) is 0 Å². The number of imidazole rings is 1. The molecule has 0 aromatic carbocycles. The maximum absolute atomic E-state index is 4.62. The van der Waals surface area contributed by atoms with Crippen molar-refractivity contribution < 1.29 is 0 Å². The lowest BCUT2D eigenvalue weighted by Gasteiger charge is -2.35. The predicted molar refractivity (Wildman–Crippen MR) is 88.2 cm³/mol. The quantitative estimate of drug-likeness (QED) is 0.531. The van der Waals surface area contributed by atoms with Crippen molar-refractivity contribution in [2.75, 3.05) is 36.0 Å². The minimum atomic E-state index is 0.759. The van der Waals surface area contributed by atoms with Crippen molar-refractivity contribution in [2.24, 2.45) is 0 Å². The van der Waals surface area contributed by atoms with Crippen molar-refractivity contribution >= 4 is 22.9 Å². The van der Waals surface area contributed by atoms with Gasteiger partial charge in [-0.1, -0.05) is 0 Å². The summed E-state index contributed by atoms with van der Waals surface area (Å²) in [5.74, 6) is 1.92. The Morgan fingerprint density at radius 1 is 0.750 bits per heavy atom. The van der Waals surface area contributed by atoms with Crippen LogP contribution >= 0.6 is 0 Å². The van der Waals surface area contributed by atoms with Gasteiger partial charge in [-0.3, -0.25) is 0 Å². The van der Waals surface area contributed by atoms with E-state index < -0.39 is 0 Å². The lowest BCUT2D eigenvalue weighted by atomic mass is 10.3. The van der Waals surface area contributed by atoms with E-state index in [0.717, 1.165) is 49.1 Å². The van der Waals surface area contributed by atoms with Gasteiger partial charge in [-0.25, -0.2) is 9.50 Å². The van der Waals surface area contributed by atoms with Crippen LogP contribution in [0.15, 0.2) is 43.0 Å². The van der Waals surface area contributed by atoms with Crippen LogP contribution in [0.2, 0.25) is 0 Å². The zero-order valence-corrected chi connectivity index (χ0v) is 12.9. The number of fused-ring (bicyclic) bond motifs is 2. The molecule has 1 aliphatic rings. The Kier molecular flexibility index (Phi) is 2.84. The van der Waals surface area contributed by atoms with Gasteiger partial charge in [0.15, 0.2) is 11.3 Å². The second kappa shape index (κ2) is 5.15. The van der Waals surface area contributed by atoms with Gasteiger partial charge in [0, 0.05) is 38.6 Å². The molecule has 0 spiro atoms. The minimum absolute atomic E-state index is 0.759. The van der Waals surface area contributed by atoms with Gasteiger partial charge in [0.1, 0.15) is 18.0 Å². The second-order valence-corrected chi connectivity index (χ2v) is 5.72. The zero-order chi connectivity index (χ0) is 15.9. The molecule has 0 amide bonds. The van der Waals surface area contributed by atoms with E-state index in [2.05, 4.69) is 35.2 Å². The third-order valence-electron chi connectivity index (χ3n) is 4.32. The molecule has 5 rings (SSSR count). The third-order valence-corrected chi connectivity index (χ3v) is 4.32. The topological polar surface area (TPSA) is 79.8 Å². The molecule has 4 aromatic heterocycles. The Hall–Kier alpha value is -3.23.